The molecule has 1 amide bonds. The molecule has 0 unspecified atom stereocenters. The van der Waals surface area contributed by atoms with Crippen LogP contribution >= 0.6 is 0 Å². The van der Waals surface area contributed by atoms with Gasteiger partial charge in [0.1, 0.15) is 0 Å². The molecule has 0 saturated heterocycles. The predicted molar refractivity (Wildman–Crippen MR) is 79.5 cm³/mol. The summed E-state index contributed by atoms with van der Waals surface area (Å²) in [5, 5.41) is 8.15. The summed E-state index contributed by atoms with van der Waals surface area (Å²) in [7, 11) is 3.60. The highest BCUT2D eigenvalue weighted by Crippen LogP contribution is 2.21. The Morgan fingerprint density at radius 1 is 1.40 bits per heavy atom. The van der Waals surface area contributed by atoms with E-state index in [4.69, 9.17) is 0 Å². The fourth-order valence-electron chi connectivity index (χ4n) is 2.35. The summed E-state index contributed by atoms with van der Waals surface area (Å²) in [5.74, 6) is 0.183. The van der Waals surface area contributed by atoms with E-state index in [1.807, 2.05) is 4.68 Å². The Hall–Kier alpha value is -1.36. The van der Waals surface area contributed by atoms with Crippen LogP contribution in [0.4, 0.5) is 0 Å². The van der Waals surface area contributed by atoms with Crippen molar-refractivity contribution in [1.82, 2.24) is 20.0 Å². The van der Waals surface area contributed by atoms with Crippen LogP contribution in [0.1, 0.15) is 42.6 Å². The van der Waals surface area contributed by atoms with E-state index >= 15 is 0 Å². The van der Waals surface area contributed by atoms with Gasteiger partial charge < -0.3 is 10.2 Å². The number of hydrogen-bond acceptors (Lipinski definition) is 3. The van der Waals surface area contributed by atoms with E-state index in [0.717, 1.165) is 31.2 Å². The zero-order valence-electron chi connectivity index (χ0n) is 13.1. The molecule has 1 aliphatic carbocycles. The molecule has 5 heteroatoms. The van der Waals surface area contributed by atoms with Crippen molar-refractivity contribution in [1.29, 1.82) is 0 Å². The molecule has 1 aliphatic rings. The molecular formula is C15H26N4O. The van der Waals surface area contributed by atoms with E-state index in [1.165, 1.54) is 24.1 Å². The molecule has 0 radical (unpaired) electrons. The van der Waals surface area contributed by atoms with Crippen molar-refractivity contribution in [3.05, 3.63) is 17.0 Å². The fraction of sp³-hybridized carbons (Fsp3) is 0.733. The fourth-order valence-corrected chi connectivity index (χ4v) is 2.35. The summed E-state index contributed by atoms with van der Waals surface area (Å²) >= 11 is 0. The summed E-state index contributed by atoms with van der Waals surface area (Å²) in [6.07, 6.45) is 4.03. The number of nitrogens with one attached hydrogen (secondary N) is 1. The number of aromatic nitrogens is 2. The van der Waals surface area contributed by atoms with E-state index in [0.29, 0.717) is 6.42 Å². The minimum absolute atomic E-state index is 0.183. The number of rotatable bonds is 7. The lowest BCUT2D eigenvalue weighted by atomic mass is 10.2. The third-order valence-corrected chi connectivity index (χ3v) is 3.94. The van der Waals surface area contributed by atoms with Gasteiger partial charge in [0.25, 0.3) is 0 Å². The Morgan fingerprint density at radius 2 is 2.10 bits per heavy atom. The topological polar surface area (TPSA) is 50.2 Å². The van der Waals surface area contributed by atoms with E-state index < -0.39 is 0 Å². The van der Waals surface area contributed by atoms with Gasteiger partial charge in [-0.25, -0.2) is 0 Å². The quantitative estimate of drug-likeness (QED) is 0.824. The van der Waals surface area contributed by atoms with Crippen molar-refractivity contribution >= 4 is 5.91 Å². The van der Waals surface area contributed by atoms with Crippen LogP contribution in [0.25, 0.3) is 0 Å². The van der Waals surface area contributed by atoms with Gasteiger partial charge in [-0.2, -0.15) is 5.10 Å². The van der Waals surface area contributed by atoms with Crippen LogP contribution < -0.4 is 5.32 Å². The number of carbonyl (C=O) groups excluding carboxylic acids is 1. The van der Waals surface area contributed by atoms with Gasteiger partial charge in [-0.1, -0.05) is 0 Å². The van der Waals surface area contributed by atoms with Gasteiger partial charge in [0.05, 0.1) is 5.69 Å². The lowest BCUT2D eigenvalue weighted by Crippen LogP contribution is -2.21. The Kier molecular flexibility index (Phi) is 4.81. The SMILES string of the molecule is Cc1nn(CCCC(=O)N(C)C)c(C)c1CNC1CC1. The molecule has 1 fully saturated rings. The maximum Gasteiger partial charge on any atom is 0.222 e. The van der Waals surface area contributed by atoms with Crippen LogP contribution in [0.2, 0.25) is 0 Å². The molecule has 0 aromatic carbocycles. The Labute approximate surface area is 121 Å². The number of aryl methyl sites for hydroxylation is 2. The molecule has 1 aromatic rings. The van der Waals surface area contributed by atoms with Crippen molar-refractivity contribution in [3.8, 4) is 0 Å². The summed E-state index contributed by atoms with van der Waals surface area (Å²) in [4.78, 5) is 13.2. The minimum Gasteiger partial charge on any atom is -0.349 e. The molecule has 1 saturated carbocycles. The maximum atomic E-state index is 11.6. The summed E-state index contributed by atoms with van der Waals surface area (Å²) in [6.45, 7) is 5.92. The van der Waals surface area contributed by atoms with Crippen LogP contribution in [0.5, 0.6) is 0 Å². The molecule has 20 heavy (non-hydrogen) atoms. The van der Waals surface area contributed by atoms with Gasteiger partial charge >= 0.3 is 0 Å². The van der Waals surface area contributed by atoms with E-state index in [1.54, 1.807) is 19.0 Å². The maximum absolute atomic E-state index is 11.6. The van der Waals surface area contributed by atoms with Crippen LogP contribution in [-0.2, 0) is 17.9 Å². The highest BCUT2D eigenvalue weighted by Gasteiger charge is 2.21. The third kappa shape index (κ3) is 3.82. The molecular weight excluding hydrogens is 252 g/mol. The van der Waals surface area contributed by atoms with E-state index in [-0.39, 0.29) is 5.91 Å². The zero-order valence-corrected chi connectivity index (χ0v) is 13.1. The second kappa shape index (κ2) is 6.39. The molecule has 112 valence electrons. The number of carbonyl (C=O) groups is 1. The molecule has 0 bridgehead atoms. The van der Waals surface area contributed by atoms with Crippen LogP contribution in [-0.4, -0.2) is 40.7 Å². The number of nitrogens with zero attached hydrogens (tertiary/aromatic N) is 3. The van der Waals surface area contributed by atoms with Crippen LogP contribution in [0, 0.1) is 13.8 Å². The molecule has 1 aromatic heterocycles. The van der Waals surface area contributed by atoms with Gasteiger partial charge in [0.2, 0.25) is 5.91 Å². The number of amides is 1. The van der Waals surface area contributed by atoms with Gasteiger partial charge in [0, 0.05) is 50.9 Å². The second-order valence-corrected chi connectivity index (χ2v) is 5.92. The van der Waals surface area contributed by atoms with Crippen molar-refractivity contribution in [3.63, 3.8) is 0 Å². The smallest absolute Gasteiger partial charge is 0.222 e. The Balaban J connectivity index is 1.87. The Morgan fingerprint density at radius 3 is 2.70 bits per heavy atom. The zero-order chi connectivity index (χ0) is 14.7. The van der Waals surface area contributed by atoms with Crippen LogP contribution in [0.3, 0.4) is 0 Å². The minimum atomic E-state index is 0.183. The molecule has 2 rings (SSSR count). The first kappa shape index (κ1) is 15.0. The first-order valence-corrected chi connectivity index (χ1v) is 7.45. The molecule has 0 aliphatic heterocycles. The molecule has 1 heterocycles. The lowest BCUT2D eigenvalue weighted by molar-refractivity contribution is -0.128. The second-order valence-electron chi connectivity index (χ2n) is 5.92. The Bertz CT molecular complexity index is 474. The van der Waals surface area contributed by atoms with Gasteiger partial charge in [0.15, 0.2) is 0 Å². The summed E-state index contributed by atoms with van der Waals surface area (Å²) in [5.41, 5.74) is 3.65. The third-order valence-electron chi connectivity index (χ3n) is 3.94. The monoisotopic (exact) mass is 278 g/mol. The first-order chi connectivity index (χ1) is 9.49. The standard InChI is InChI=1S/C15H26N4O/c1-11-14(10-16-13-7-8-13)12(2)19(17-11)9-5-6-15(20)18(3)4/h13,16H,5-10H2,1-4H3. The van der Waals surface area contributed by atoms with Gasteiger partial charge in [-0.15, -0.1) is 0 Å². The average molecular weight is 278 g/mol. The van der Waals surface area contributed by atoms with Crippen molar-refractivity contribution in [2.45, 2.75) is 58.7 Å². The normalized spacial score (nSPS) is 14.6. The van der Waals surface area contributed by atoms with Gasteiger partial charge in [-0.3, -0.25) is 9.48 Å². The molecule has 0 spiro atoms. The highest BCUT2D eigenvalue weighted by atomic mass is 16.2. The summed E-state index contributed by atoms with van der Waals surface area (Å²) < 4.78 is 2.04. The largest absolute Gasteiger partial charge is 0.349 e. The van der Waals surface area contributed by atoms with E-state index in [9.17, 15) is 4.79 Å². The molecule has 5 nitrogen and oxygen atoms in total. The van der Waals surface area contributed by atoms with Crippen molar-refractivity contribution < 1.29 is 4.79 Å². The number of hydrogen-bond donors (Lipinski definition) is 1. The molecule has 1 N–H and O–H groups in total. The van der Waals surface area contributed by atoms with Crippen molar-refractivity contribution in [2.24, 2.45) is 0 Å². The average Bonchev–Trinajstić information content (AvgIpc) is 3.17. The van der Waals surface area contributed by atoms with E-state index in [2.05, 4.69) is 24.3 Å². The van der Waals surface area contributed by atoms with Gasteiger partial charge in [-0.05, 0) is 33.1 Å². The lowest BCUT2D eigenvalue weighted by Gasteiger charge is -2.10. The predicted octanol–water partition coefficient (Wildman–Crippen LogP) is 1.62. The van der Waals surface area contributed by atoms with Crippen molar-refractivity contribution in [2.75, 3.05) is 14.1 Å². The molecule has 0 atom stereocenters. The highest BCUT2D eigenvalue weighted by molar-refractivity contribution is 5.75. The summed E-state index contributed by atoms with van der Waals surface area (Å²) in [6, 6.07) is 0.717. The first-order valence-electron chi connectivity index (χ1n) is 7.45. The van der Waals surface area contributed by atoms with Crippen LogP contribution in [0.15, 0.2) is 0 Å².